The first-order valence-electron chi connectivity index (χ1n) is 7.14. The third kappa shape index (κ3) is 3.82. The molecule has 2 unspecified atom stereocenters. The zero-order chi connectivity index (χ0) is 13.9. The van der Waals surface area contributed by atoms with Crippen LogP contribution in [0.15, 0.2) is 24.3 Å². The molecule has 2 saturated heterocycles. The first kappa shape index (κ1) is 16.4. The minimum atomic E-state index is 0. The van der Waals surface area contributed by atoms with Crippen LogP contribution in [0.4, 0.5) is 0 Å². The van der Waals surface area contributed by atoms with Gasteiger partial charge in [0.1, 0.15) is 5.75 Å². The van der Waals surface area contributed by atoms with E-state index in [0.717, 1.165) is 32.4 Å². The summed E-state index contributed by atoms with van der Waals surface area (Å²) < 4.78 is 5.57. The monoisotopic (exact) mass is 330 g/mol. The van der Waals surface area contributed by atoms with E-state index in [2.05, 4.69) is 5.32 Å². The Balaban J connectivity index is 0.00000161. The Kier molecular flexibility index (Phi) is 5.73. The summed E-state index contributed by atoms with van der Waals surface area (Å²) in [5.41, 5.74) is 0. The van der Waals surface area contributed by atoms with Crippen LogP contribution in [0.25, 0.3) is 0 Å². The van der Waals surface area contributed by atoms with Crippen LogP contribution in [0.5, 0.6) is 5.75 Å². The van der Waals surface area contributed by atoms with Crippen molar-refractivity contribution in [2.75, 3.05) is 19.7 Å². The number of nitrogens with zero attached hydrogens (tertiary/aromatic N) is 1. The second-order valence-corrected chi connectivity index (χ2v) is 5.86. The van der Waals surface area contributed by atoms with Crippen molar-refractivity contribution in [1.29, 1.82) is 0 Å². The predicted molar refractivity (Wildman–Crippen MR) is 85.3 cm³/mol. The van der Waals surface area contributed by atoms with E-state index in [1.54, 1.807) is 24.3 Å². The molecule has 2 heterocycles. The van der Waals surface area contributed by atoms with Gasteiger partial charge in [0.15, 0.2) is 6.61 Å². The van der Waals surface area contributed by atoms with E-state index in [9.17, 15) is 4.79 Å². The standard InChI is InChI=1S/C15H19ClN2O2.ClH/c16-11-1-5-14(6-2-11)20-10-15(19)18-12-3-4-13(18)9-17-8-7-12;/h1-2,5-6,12-13,17H,3-4,7-10H2;1H. The molecule has 2 bridgehead atoms. The third-order valence-electron chi connectivity index (χ3n) is 4.12. The smallest absolute Gasteiger partial charge is 0.261 e. The van der Waals surface area contributed by atoms with Gasteiger partial charge in [-0.25, -0.2) is 0 Å². The number of nitrogens with one attached hydrogen (secondary N) is 1. The molecule has 2 aliphatic heterocycles. The summed E-state index contributed by atoms with van der Waals surface area (Å²) in [5.74, 6) is 0.777. The van der Waals surface area contributed by atoms with Crippen LogP contribution in [0.3, 0.4) is 0 Å². The summed E-state index contributed by atoms with van der Waals surface area (Å²) in [6, 6.07) is 7.82. The summed E-state index contributed by atoms with van der Waals surface area (Å²) in [4.78, 5) is 14.4. The number of hydrogen-bond acceptors (Lipinski definition) is 3. The van der Waals surface area contributed by atoms with Gasteiger partial charge in [0.25, 0.3) is 5.91 Å². The van der Waals surface area contributed by atoms with Gasteiger partial charge < -0.3 is 15.0 Å². The number of benzene rings is 1. The number of hydrogen-bond donors (Lipinski definition) is 1. The van der Waals surface area contributed by atoms with Gasteiger partial charge in [-0.2, -0.15) is 0 Å². The molecule has 6 heteroatoms. The highest BCUT2D eigenvalue weighted by molar-refractivity contribution is 6.30. The Morgan fingerprint density at radius 1 is 1.24 bits per heavy atom. The first-order valence-corrected chi connectivity index (χ1v) is 7.52. The van der Waals surface area contributed by atoms with Crippen molar-refractivity contribution in [1.82, 2.24) is 10.2 Å². The fourth-order valence-electron chi connectivity index (χ4n) is 3.14. The van der Waals surface area contributed by atoms with Gasteiger partial charge in [-0.05, 0) is 50.1 Å². The molecule has 116 valence electrons. The SMILES string of the molecule is Cl.O=C(COc1ccc(Cl)cc1)N1C2CCNCC1CC2. The summed E-state index contributed by atoms with van der Waals surface area (Å²) in [6.45, 7) is 2.01. The van der Waals surface area contributed by atoms with Crippen LogP contribution >= 0.6 is 24.0 Å². The van der Waals surface area contributed by atoms with E-state index in [0.29, 0.717) is 22.9 Å². The molecular weight excluding hydrogens is 311 g/mol. The van der Waals surface area contributed by atoms with Crippen molar-refractivity contribution in [2.24, 2.45) is 0 Å². The molecule has 21 heavy (non-hydrogen) atoms. The number of carbonyl (C=O) groups excluding carboxylic acids is 1. The Labute approximate surface area is 136 Å². The van der Waals surface area contributed by atoms with Crippen LogP contribution in [0.1, 0.15) is 19.3 Å². The summed E-state index contributed by atoms with van der Waals surface area (Å²) in [6.07, 6.45) is 3.27. The molecule has 1 aromatic carbocycles. The number of rotatable bonds is 3. The van der Waals surface area contributed by atoms with E-state index in [1.807, 2.05) is 4.90 Å². The number of fused-ring (bicyclic) bond motifs is 2. The summed E-state index contributed by atoms with van der Waals surface area (Å²) >= 11 is 5.82. The fraction of sp³-hybridized carbons (Fsp3) is 0.533. The highest BCUT2D eigenvalue weighted by Crippen LogP contribution is 2.28. The Bertz CT molecular complexity index is 467. The molecular formula is C15H20Cl2N2O2. The van der Waals surface area contributed by atoms with Crippen molar-refractivity contribution in [3.63, 3.8) is 0 Å². The lowest BCUT2D eigenvalue weighted by atomic mass is 10.1. The van der Waals surface area contributed by atoms with Gasteiger partial charge in [-0.1, -0.05) is 11.6 Å². The number of carbonyl (C=O) groups is 1. The zero-order valence-electron chi connectivity index (χ0n) is 11.8. The van der Waals surface area contributed by atoms with Crippen LogP contribution in [-0.4, -0.2) is 42.6 Å². The molecule has 2 atom stereocenters. The van der Waals surface area contributed by atoms with Crippen molar-refractivity contribution < 1.29 is 9.53 Å². The molecule has 0 aromatic heterocycles. The van der Waals surface area contributed by atoms with E-state index in [-0.39, 0.29) is 24.9 Å². The maximum Gasteiger partial charge on any atom is 0.261 e. The second kappa shape index (κ2) is 7.34. The molecule has 1 amide bonds. The van der Waals surface area contributed by atoms with Gasteiger partial charge >= 0.3 is 0 Å². The van der Waals surface area contributed by atoms with Gasteiger partial charge in [-0.15, -0.1) is 12.4 Å². The van der Waals surface area contributed by atoms with E-state index >= 15 is 0 Å². The Hall–Kier alpha value is -0.970. The normalized spacial score (nSPS) is 24.1. The van der Waals surface area contributed by atoms with Crippen molar-refractivity contribution in [2.45, 2.75) is 31.3 Å². The fourth-order valence-corrected chi connectivity index (χ4v) is 3.27. The quantitative estimate of drug-likeness (QED) is 0.925. The number of halogens is 2. The second-order valence-electron chi connectivity index (χ2n) is 5.42. The molecule has 1 N–H and O–H groups in total. The first-order chi connectivity index (χ1) is 9.74. The largest absolute Gasteiger partial charge is 0.484 e. The molecule has 0 radical (unpaired) electrons. The van der Waals surface area contributed by atoms with Crippen molar-refractivity contribution >= 4 is 29.9 Å². The molecule has 0 saturated carbocycles. The molecule has 4 nitrogen and oxygen atoms in total. The predicted octanol–water partition coefficient (Wildman–Crippen LogP) is 2.49. The average molecular weight is 331 g/mol. The van der Waals surface area contributed by atoms with Gasteiger partial charge in [-0.3, -0.25) is 4.79 Å². The lowest BCUT2D eigenvalue weighted by Crippen LogP contribution is -2.44. The topological polar surface area (TPSA) is 41.6 Å². The maximum absolute atomic E-state index is 12.4. The van der Waals surface area contributed by atoms with E-state index < -0.39 is 0 Å². The molecule has 2 aliphatic rings. The number of ether oxygens (including phenoxy) is 1. The lowest BCUT2D eigenvalue weighted by Gasteiger charge is -2.27. The highest BCUT2D eigenvalue weighted by atomic mass is 35.5. The molecule has 2 fully saturated rings. The van der Waals surface area contributed by atoms with Crippen molar-refractivity contribution in [3.8, 4) is 5.75 Å². The number of amides is 1. The van der Waals surface area contributed by atoms with Gasteiger partial charge in [0, 0.05) is 23.7 Å². The molecule has 3 rings (SSSR count). The van der Waals surface area contributed by atoms with E-state index in [4.69, 9.17) is 16.3 Å². The third-order valence-corrected chi connectivity index (χ3v) is 4.37. The van der Waals surface area contributed by atoms with Gasteiger partial charge in [0.05, 0.1) is 0 Å². The molecule has 0 aliphatic carbocycles. The van der Waals surface area contributed by atoms with Crippen LogP contribution in [-0.2, 0) is 4.79 Å². The molecule has 1 aromatic rings. The Morgan fingerprint density at radius 3 is 2.71 bits per heavy atom. The Morgan fingerprint density at radius 2 is 1.95 bits per heavy atom. The minimum absolute atomic E-state index is 0. The summed E-state index contributed by atoms with van der Waals surface area (Å²) in [7, 11) is 0. The van der Waals surface area contributed by atoms with Crippen LogP contribution in [0.2, 0.25) is 5.02 Å². The highest BCUT2D eigenvalue weighted by Gasteiger charge is 2.37. The van der Waals surface area contributed by atoms with Gasteiger partial charge in [0.2, 0.25) is 0 Å². The van der Waals surface area contributed by atoms with Crippen LogP contribution in [0, 0.1) is 0 Å². The zero-order valence-corrected chi connectivity index (χ0v) is 13.3. The minimum Gasteiger partial charge on any atom is -0.484 e. The average Bonchev–Trinajstić information content (AvgIpc) is 2.71. The van der Waals surface area contributed by atoms with Crippen molar-refractivity contribution in [3.05, 3.63) is 29.3 Å². The summed E-state index contributed by atoms with van der Waals surface area (Å²) in [5, 5.41) is 4.06. The lowest BCUT2D eigenvalue weighted by molar-refractivity contribution is -0.136. The molecule has 0 spiro atoms. The van der Waals surface area contributed by atoms with Crippen LogP contribution < -0.4 is 10.1 Å². The maximum atomic E-state index is 12.4. The van der Waals surface area contributed by atoms with E-state index in [1.165, 1.54) is 0 Å².